The number of nitrogens with two attached hydrogens (primary N) is 3. The number of primary amides is 1. The molecule has 0 aromatic heterocycles. The van der Waals surface area contributed by atoms with Gasteiger partial charge in [-0.15, -0.1) is 0 Å². The first-order chi connectivity index (χ1) is 19.4. The molecule has 0 fully saturated rings. The fraction of sp³-hybridized carbons (Fsp3) is 0.300. The molecule has 1 heterocycles. The lowest BCUT2D eigenvalue weighted by Gasteiger charge is -2.29. The highest BCUT2D eigenvalue weighted by Gasteiger charge is 2.36. The van der Waals surface area contributed by atoms with Crippen molar-refractivity contribution in [3.63, 3.8) is 0 Å². The Balaban J connectivity index is 1.50. The number of hydrogen-bond acceptors (Lipinski definition) is 8. The van der Waals surface area contributed by atoms with E-state index < -0.39 is 42.5 Å². The van der Waals surface area contributed by atoms with Crippen molar-refractivity contribution in [1.82, 2.24) is 5.32 Å². The summed E-state index contributed by atoms with van der Waals surface area (Å²) in [5.74, 6) is -0.979. The molecule has 1 aliphatic rings. The van der Waals surface area contributed by atoms with Crippen LogP contribution in [0.4, 0.5) is 4.79 Å². The van der Waals surface area contributed by atoms with Crippen LogP contribution in [-0.2, 0) is 25.4 Å². The molecule has 5 atom stereocenters. The van der Waals surface area contributed by atoms with E-state index in [2.05, 4.69) is 5.32 Å². The first-order valence-corrected chi connectivity index (χ1v) is 13.1. The SMILES string of the molecule is NCC(OCC(CC(N)c1ccccc1)OC(=O)C1NC(=O)c2ccccc21)C(Cc1ccccc1)OC(N)=O. The van der Waals surface area contributed by atoms with Crippen molar-refractivity contribution in [3.8, 4) is 0 Å². The standard InChI is InChI=1S/C30H34N4O6/c31-17-26(25(40-30(33)37)15-19-9-3-1-4-10-19)38-18-21(16-24(32)20-11-5-2-6-12-20)39-29(36)27-22-13-7-8-14-23(22)28(35)34-27/h1-14,21,24-27H,15-18,31-32H2,(H2,33,37)(H,34,35). The molecule has 0 saturated heterocycles. The fourth-order valence-electron chi connectivity index (χ4n) is 4.73. The summed E-state index contributed by atoms with van der Waals surface area (Å²) in [7, 11) is 0. The van der Waals surface area contributed by atoms with Gasteiger partial charge in [-0.1, -0.05) is 78.9 Å². The Morgan fingerprint density at radius 1 is 0.875 bits per heavy atom. The minimum Gasteiger partial charge on any atom is -0.458 e. The zero-order valence-electron chi connectivity index (χ0n) is 22.0. The molecule has 0 spiro atoms. The van der Waals surface area contributed by atoms with Gasteiger partial charge in [-0.3, -0.25) is 4.79 Å². The summed E-state index contributed by atoms with van der Waals surface area (Å²) >= 11 is 0. The topological polar surface area (TPSA) is 169 Å². The Bertz CT molecular complexity index is 1290. The molecule has 1 aliphatic heterocycles. The lowest BCUT2D eigenvalue weighted by Crippen LogP contribution is -2.43. The van der Waals surface area contributed by atoms with Gasteiger partial charge in [0.1, 0.15) is 18.3 Å². The molecule has 0 bridgehead atoms. The summed E-state index contributed by atoms with van der Waals surface area (Å²) in [5, 5.41) is 2.68. The molecule has 7 N–H and O–H groups in total. The maximum atomic E-state index is 13.3. The Kier molecular flexibility index (Phi) is 9.85. The summed E-state index contributed by atoms with van der Waals surface area (Å²) in [5.41, 5.74) is 20.5. The second kappa shape index (κ2) is 13.7. The van der Waals surface area contributed by atoms with E-state index in [-0.39, 0.29) is 25.5 Å². The largest absolute Gasteiger partial charge is 0.458 e. The molecular formula is C30H34N4O6. The number of carbonyl (C=O) groups excluding carboxylic acids is 3. The van der Waals surface area contributed by atoms with Crippen molar-refractivity contribution >= 4 is 18.0 Å². The van der Waals surface area contributed by atoms with E-state index in [1.807, 2.05) is 60.7 Å². The van der Waals surface area contributed by atoms with E-state index in [1.165, 1.54) is 0 Å². The van der Waals surface area contributed by atoms with Gasteiger partial charge in [0.2, 0.25) is 0 Å². The summed E-state index contributed by atoms with van der Waals surface area (Å²) in [6, 6.07) is 24.2. The molecule has 10 heteroatoms. The van der Waals surface area contributed by atoms with Crippen LogP contribution in [0.3, 0.4) is 0 Å². The van der Waals surface area contributed by atoms with Gasteiger partial charge in [-0.25, -0.2) is 9.59 Å². The van der Waals surface area contributed by atoms with Gasteiger partial charge in [0.15, 0.2) is 6.04 Å². The average molecular weight is 547 g/mol. The smallest absolute Gasteiger partial charge is 0.404 e. The van der Waals surface area contributed by atoms with Crippen LogP contribution in [0.25, 0.3) is 0 Å². The fourth-order valence-corrected chi connectivity index (χ4v) is 4.73. The molecule has 2 amide bonds. The minimum atomic E-state index is -0.951. The maximum absolute atomic E-state index is 13.3. The second-order valence-electron chi connectivity index (χ2n) is 9.58. The van der Waals surface area contributed by atoms with Crippen LogP contribution in [-0.4, -0.2) is 49.4 Å². The summed E-state index contributed by atoms with van der Waals surface area (Å²) in [6.45, 7) is -0.0634. The summed E-state index contributed by atoms with van der Waals surface area (Å²) in [6.07, 6.45) is -2.71. The molecule has 0 aliphatic carbocycles. The Labute approximate surface area is 232 Å². The molecule has 4 rings (SSSR count). The van der Waals surface area contributed by atoms with Gasteiger partial charge >= 0.3 is 12.1 Å². The molecular weight excluding hydrogens is 512 g/mol. The van der Waals surface area contributed by atoms with Crippen molar-refractivity contribution in [2.24, 2.45) is 17.2 Å². The maximum Gasteiger partial charge on any atom is 0.404 e. The van der Waals surface area contributed by atoms with Gasteiger partial charge < -0.3 is 36.7 Å². The number of amides is 2. The Morgan fingerprint density at radius 2 is 1.52 bits per heavy atom. The van der Waals surface area contributed by atoms with E-state index in [4.69, 9.17) is 31.4 Å². The molecule has 210 valence electrons. The molecule has 40 heavy (non-hydrogen) atoms. The van der Waals surface area contributed by atoms with Gasteiger partial charge in [0.05, 0.1) is 6.61 Å². The van der Waals surface area contributed by atoms with Crippen LogP contribution in [0.5, 0.6) is 0 Å². The molecule has 0 radical (unpaired) electrons. The van der Waals surface area contributed by atoms with E-state index in [0.717, 1.165) is 11.1 Å². The third-order valence-corrected chi connectivity index (χ3v) is 6.75. The van der Waals surface area contributed by atoms with Crippen LogP contribution in [0, 0.1) is 0 Å². The second-order valence-corrected chi connectivity index (χ2v) is 9.58. The number of hydrogen-bond donors (Lipinski definition) is 4. The minimum absolute atomic E-state index is 0.0161. The first kappa shape index (κ1) is 28.8. The lowest BCUT2D eigenvalue weighted by atomic mass is 10.0. The van der Waals surface area contributed by atoms with E-state index in [9.17, 15) is 14.4 Å². The van der Waals surface area contributed by atoms with Crippen molar-refractivity contribution in [1.29, 1.82) is 0 Å². The highest BCUT2D eigenvalue weighted by Crippen LogP contribution is 2.27. The average Bonchev–Trinajstić information content (AvgIpc) is 3.30. The number of esters is 1. The Morgan fingerprint density at radius 3 is 2.20 bits per heavy atom. The monoisotopic (exact) mass is 546 g/mol. The van der Waals surface area contributed by atoms with Gasteiger partial charge in [0, 0.05) is 31.0 Å². The number of rotatable bonds is 13. The lowest BCUT2D eigenvalue weighted by molar-refractivity contribution is -0.158. The molecule has 3 aromatic carbocycles. The zero-order chi connectivity index (χ0) is 28.5. The van der Waals surface area contributed by atoms with Crippen molar-refractivity contribution in [3.05, 3.63) is 107 Å². The zero-order valence-corrected chi connectivity index (χ0v) is 22.0. The quantitative estimate of drug-likeness (QED) is 0.237. The molecule has 5 unspecified atom stereocenters. The van der Waals surface area contributed by atoms with Crippen molar-refractivity contribution in [2.45, 2.75) is 43.2 Å². The molecule has 0 saturated carbocycles. The Hall–Kier alpha value is -4.25. The van der Waals surface area contributed by atoms with Gasteiger partial charge in [-0.05, 0) is 22.8 Å². The summed E-state index contributed by atoms with van der Waals surface area (Å²) < 4.78 is 17.3. The third-order valence-electron chi connectivity index (χ3n) is 6.75. The number of ether oxygens (including phenoxy) is 3. The number of fused-ring (bicyclic) bond motifs is 1. The predicted octanol–water partition coefficient (Wildman–Crippen LogP) is 2.52. The van der Waals surface area contributed by atoms with Crippen LogP contribution in [0.1, 0.15) is 45.6 Å². The summed E-state index contributed by atoms with van der Waals surface area (Å²) in [4.78, 5) is 37.3. The van der Waals surface area contributed by atoms with Gasteiger partial charge in [0.25, 0.3) is 5.91 Å². The number of nitrogens with one attached hydrogen (secondary N) is 1. The number of benzene rings is 3. The van der Waals surface area contributed by atoms with Crippen molar-refractivity contribution in [2.75, 3.05) is 13.2 Å². The van der Waals surface area contributed by atoms with E-state index >= 15 is 0 Å². The highest BCUT2D eigenvalue weighted by molar-refractivity contribution is 6.03. The number of carbonyl (C=O) groups is 3. The van der Waals surface area contributed by atoms with E-state index in [0.29, 0.717) is 17.5 Å². The third kappa shape index (κ3) is 7.44. The van der Waals surface area contributed by atoms with Crippen LogP contribution < -0.4 is 22.5 Å². The predicted molar refractivity (Wildman–Crippen MR) is 148 cm³/mol. The van der Waals surface area contributed by atoms with Crippen LogP contribution in [0.15, 0.2) is 84.9 Å². The van der Waals surface area contributed by atoms with Crippen LogP contribution >= 0.6 is 0 Å². The highest BCUT2D eigenvalue weighted by atomic mass is 16.6. The van der Waals surface area contributed by atoms with Gasteiger partial charge in [-0.2, -0.15) is 0 Å². The normalized spacial score (nSPS) is 17.1. The van der Waals surface area contributed by atoms with E-state index in [1.54, 1.807) is 24.3 Å². The first-order valence-electron chi connectivity index (χ1n) is 13.1. The molecule has 3 aromatic rings. The van der Waals surface area contributed by atoms with Crippen LogP contribution in [0.2, 0.25) is 0 Å². The molecule has 10 nitrogen and oxygen atoms in total. The van der Waals surface area contributed by atoms with Crippen molar-refractivity contribution < 1.29 is 28.6 Å².